The van der Waals surface area contributed by atoms with Gasteiger partial charge in [0.1, 0.15) is 11.4 Å². The van der Waals surface area contributed by atoms with Gasteiger partial charge >= 0.3 is 12.3 Å². The van der Waals surface area contributed by atoms with Crippen LogP contribution in [0.25, 0.3) is 22.2 Å². The number of aromatic nitrogens is 3. The molecule has 3 aromatic rings. The molecule has 0 saturated heterocycles. The third-order valence-corrected chi connectivity index (χ3v) is 5.18. The lowest BCUT2D eigenvalue weighted by molar-refractivity contribution is -0.138. The number of benzene rings is 1. The largest absolute Gasteiger partial charge is 0.444 e. The Morgan fingerprint density at radius 2 is 1.86 bits per heavy atom. The Hall–Kier alpha value is -3.54. The van der Waals surface area contributed by atoms with Gasteiger partial charge in [0, 0.05) is 25.1 Å². The van der Waals surface area contributed by atoms with E-state index >= 15 is 0 Å². The molecule has 0 spiro atoms. The zero-order chi connectivity index (χ0) is 26.7. The van der Waals surface area contributed by atoms with Crippen LogP contribution in [-0.4, -0.2) is 44.0 Å². The number of aliphatic hydroxyl groups is 1. The molecule has 194 valence electrons. The first-order valence-electron chi connectivity index (χ1n) is 11.1. The molecule has 0 aliphatic carbocycles. The highest BCUT2D eigenvalue weighted by Crippen LogP contribution is 2.30. The number of alkyl halides is 3. The predicted molar refractivity (Wildman–Crippen MR) is 124 cm³/mol. The topological polar surface area (TPSA) is 106 Å². The van der Waals surface area contributed by atoms with Gasteiger partial charge in [-0.3, -0.25) is 4.79 Å². The van der Waals surface area contributed by atoms with E-state index in [1.54, 1.807) is 26.8 Å². The van der Waals surface area contributed by atoms with Crippen molar-refractivity contribution in [3.05, 3.63) is 58.5 Å². The Morgan fingerprint density at radius 3 is 2.44 bits per heavy atom. The number of aliphatic hydroxyl groups excluding tert-OH is 1. The van der Waals surface area contributed by atoms with E-state index in [4.69, 9.17) is 4.74 Å². The van der Waals surface area contributed by atoms with E-state index in [-0.39, 0.29) is 29.9 Å². The van der Waals surface area contributed by atoms with Gasteiger partial charge in [0.2, 0.25) is 0 Å². The van der Waals surface area contributed by atoms with Crippen LogP contribution in [0.3, 0.4) is 0 Å². The second-order valence-electron chi connectivity index (χ2n) is 9.19. The fraction of sp³-hybridized carbons (Fsp3) is 0.417. The van der Waals surface area contributed by atoms with Gasteiger partial charge in [-0.25, -0.2) is 19.2 Å². The van der Waals surface area contributed by atoms with Crippen molar-refractivity contribution < 1.29 is 32.2 Å². The van der Waals surface area contributed by atoms with Crippen molar-refractivity contribution in [2.45, 2.75) is 58.0 Å². The standard InChI is InChI=1S/C24H26F4N4O4/c1-23(2,3)36-22(35)31-16(13-33)5-4-7-32-8-6-14-9-18(19(25)10-17(14)21(32)34)20-29-11-15(12-30-20)24(26,27)28/h6,8-12,16,33H,4-5,7,13H2,1-3H3,(H,31,35). The molecular weight excluding hydrogens is 484 g/mol. The molecule has 0 radical (unpaired) electrons. The maximum Gasteiger partial charge on any atom is 0.419 e. The number of pyridine rings is 1. The summed E-state index contributed by atoms with van der Waals surface area (Å²) in [4.78, 5) is 32.0. The molecule has 3 rings (SSSR count). The normalized spacial score (nSPS) is 13.0. The third-order valence-electron chi connectivity index (χ3n) is 5.18. The SMILES string of the molecule is CC(C)(C)OC(=O)NC(CO)CCCn1ccc2cc(-c3ncc(C(F)(F)F)cn3)c(F)cc2c1=O. The highest BCUT2D eigenvalue weighted by Gasteiger charge is 2.31. The van der Waals surface area contributed by atoms with Crippen molar-refractivity contribution in [1.82, 2.24) is 19.9 Å². The average Bonchev–Trinajstić information content (AvgIpc) is 2.78. The van der Waals surface area contributed by atoms with E-state index in [9.17, 15) is 32.3 Å². The molecule has 2 N–H and O–H groups in total. The minimum absolute atomic E-state index is 0.0799. The number of fused-ring (bicyclic) bond motifs is 1. The molecular formula is C24H26F4N4O4. The molecule has 1 aromatic carbocycles. The molecule has 1 unspecified atom stereocenters. The summed E-state index contributed by atoms with van der Waals surface area (Å²) in [6, 6.07) is 3.32. The number of alkyl carbamates (subject to hydrolysis) is 1. The smallest absolute Gasteiger partial charge is 0.419 e. The Bertz CT molecular complexity index is 1280. The number of nitrogens with one attached hydrogen (secondary N) is 1. The number of halogens is 4. The lowest BCUT2D eigenvalue weighted by Crippen LogP contribution is -2.41. The number of amides is 1. The quantitative estimate of drug-likeness (QED) is 0.460. The van der Waals surface area contributed by atoms with E-state index < -0.39 is 40.9 Å². The van der Waals surface area contributed by atoms with Crippen molar-refractivity contribution in [1.29, 1.82) is 0 Å². The second kappa shape index (κ2) is 10.6. The minimum atomic E-state index is -4.62. The fourth-order valence-electron chi connectivity index (χ4n) is 3.46. The summed E-state index contributed by atoms with van der Waals surface area (Å²) in [7, 11) is 0. The zero-order valence-corrected chi connectivity index (χ0v) is 19.9. The van der Waals surface area contributed by atoms with Gasteiger partial charge in [0.15, 0.2) is 5.82 Å². The number of nitrogens with zero attached hydrogens (tertiary/aromatic N) is 3. The van der Waals surface area contributed by atoms with Crippen LogP contribution in [0.4, 0.5) is 22.4 Å². The summed E-state index contributed by atoms with van der Waals surface area (Å²) in [6.07, 6.45) is -1.84. The van der Waals surface area contributed by atoms with Crippen LogP contribution in [-0.2, 0) is 17.5 Å². The maximum atomic E-state index is 14.8. The molecule has 0 aliphatic rings. The van der Waals surface area contributed by atoms with Crippen molar-refractivity contribution in [2.24, 2.45) is 0 Å². The summed E-state index contributed by atoms with van der Waals surface area (Å²) in [5, 5.41) is 12.5. The fourth-order valence-corrected chi connectivity index (χ4v) is 3.46. The number of hydrogen-bond donors (Lipinski definition) is 2. The van der Waals surface area contributed by atoms with Crippen LogP contribution >= 0.6 is 0 Å². The van der Waals surface area contributed by atoms with Gasteiger partial charge in [-0.1, -0.05) is 0 Å². The maximum absolute atomic E-state index is 14.8. The van der Waals surface area contributed by atoms with Crippen molar-refractivity contribution in [2.75, 3.05) is 6.61 Å². The number of carbonyl (C=O) groups excluding carboxylic acids is 1. The number of aryl methyl sites for hydroxylation is 1. The molecule has 0 saturated carbocycles. The second-order valence-corrected chi connectivity index (χ2v) is 9.19. The van der Waals surface area contributed by atoms with E-state index in [1.807, 2.05) is 0 Å². The van der Waals surface area contributed by atoms with Crippen LogP contribution in [0, 0.1) is 5.82 Å². The van der Waals surface area contributed by atoms with Gasteiger partial charge in [0.05, 0.1) is 29.2 Å². The first-order valence-corrected chi connectivity index (χ1v) is 11.1. The first kappa shape index (κ1) is 27.1. The van der Waals surface area contributed by atoms with E-state index in [1.165, 1.54) is 16.8 Å². The van der Waals surface area contributed by atoms with Gasteiger partial charge in [0.25, 0.3) is 5.56 Å². The van der Waals surface area contributed by atoms with Gasteiger partial charge in [-0.15, -0.1) is 0 Å². The first-order chi connectivity index (χ1) is 16.8. The number of ether oxygens (including phenoxy) is 1. The summed E-state index contributed by atoms with van der Waals surface area (Å²) < 4.78 is 59.5. The van der Waals surface area contributed by atoms with Crippen LogP contribution in [0.15, 0.2) is 41.6 Å². The van der Waals surface area contributed by atoms with Crippen LogP contribution in [0.5, 0.6) is 0 Å². The average molecular weight is 510 g/mol. The van der Waals surface area contributed by atoms with Gasteiger partial charge in [-0.2, -0.15) is 13.2 Å². The monoisotopic (exact) mass is 510 g/mol. The molecule has 12 heteroatoms. The summed E-state index contributed by atoms with van der Waals surface area (Å²) in [5.74, 6) is -1.09. The molecule has 0 aliphatic heterocycles. The van der Waals surface area contributed by atoms with E-state index in [0.717, 1.165) is 6.07 Å². The summed E-state index contributed by atoms with van der Waals surface area (Å²) in [6.45, 7) is 5.08. The third kappa shape index (κ3) is 6.78. The van der Waals surface area contributed by atoms with E-state index in [2.05, 4.69) is 15.3 Å². The Morgan fingerprint density at radius 1 is 1.19 bits per heavy atom. The van der Waals surface area contributed by atoms with Crippen molar-refractivity contribution >= 4 is 16.9 Å². The van der Waals surface area contributed by atoms with Crippen molar-refractivity contribution in [3.8, 4) is 11.4 Å². The molecule has 36 heavy (non-hydrogen) atoms. The van der Waals surface area contributed by atoms with E-state index in [0.29, 0.717) is 30.6 Å². The molecule has 2 heterocycles. The van der Waals surface area contributed by atoms with Gasteiger partial charge in [-0.05, 0) is 57.2 Å². The minimum Gasteiger partial charge on any atom is -0.444 e. The highest BCUT2D eigenvalue weighted by atomic mass is 19.4. The Kier molecular flexibility index (Phi) is 7.97. The molecule has 1 atom stereocenters. The van der Waals surface area contributed by atoms with Crippen LogP contribution in [0.1, 0.15) is 39.2 Å². The molecule has 0 bridgehead atoms. The molecule has 8 nitrogen and oxygen atoms in total. The van der Waals surface area contributed by atoms with Crippen LogP contribution < -0.4 is 10.9 Å². The molecule has 0 fully saturated rings. The zero-order valence-electron chi connectivity index (χ0n) is 19.9. The van der Waals surface area contributed by atoms with Crippen LogP contribution in [0.2, 0.25) is 0 Å². The number of rotatable bonds is 7. The predicted octanol–water partition coefficient (Wildman–Crippen LogP) is 4.28. The highest BCUT2D eigenvalue weighted by molar-refractivity contribution is 5.86. The Balaban J connectivity index is 1.73. The number of carbonyl (C=O) groups is 1. The van der Waals surface area contributed by atoms with Crippen molar-refractivity contribution in [3.63, 3.8) is 0 Å². The summed E-state index contributed by atoms with van der Waals surface area (Å²) >= 11 is 0. The lowest BCUT2D eigenvalue weighted by Gasteiger charge is -2.22. The Labute approximate surface area is 203 Å². The summed E-state index contributed by atoms with van der Waals surface area (Å²) in [5.41, 5.74) is -2.34. The molecule has 2 aromatic heterocycles. The molecule has 1 amide bonds. The van der Waals surface area contributed by atoms with Gasteiger partial charge < -0.3 is 19.7 Å². The lowest BCUT2D eigenvalue weighted by atomic mass is 10.1. The number of hydrogen-bond acceptors (Lipinski definition) is 6.